The zero-order valence-electron chi connectivity index (χ0n) is 31.1. The Balaban J connectivity index is 0.996. The van der Waals surface area contributed by atoms with Crippen molar-refractivity contribution >= 4 is 60.8 Å². The molecular formula is C54H36N2O. The number of rotatable bonds is 7. The van der Waals surface area contributed by atoms with E-state index in [1.165, 1.54) is 32.9 Å². The molecule has 0 aliphatic carbocycles. The highest BCUT2D eigenvalue weighted by Crippen LogP contribution is 2.41. The van der Waals surface area contributed by atoms with Gasteiger partial charge < -0.3 is 13.9 Å². The van der Waals surface area contributed by atoms with Gasteiger partial charge in [-0.3, -0.25) is 0 Å². The summed E-state index contributed by atoms with van der Waals surface area (Å²) in [7, 11) is 0. The Labute approximate surface area is 330 Å². The molecule has 0 aliphatic heterocycles. The summed E-state index contributed by atoms with van der Waals surface area (Å²) in [5.41, 5.74) is 15.5. The number of hydrogen-bond donors (Lipinski definition) is 0. The molecule has 3 nitrogen and oxygen atoms in total. The topological polar surface area (TPSA) is 21.3 Å². The van der Waals surface area contributed by atoms with Gasteiger partial charge in [-0.25, -0.2) is 0 Å². The third-order valence-corrected chi connectivity index (χ3v) is 11.2. The fourth-order valence-electron chi connectivity index (χ4n) is 8.48. The lowest BCUT2D eigenvalue weighted by atomic mass is 10.00. The average Bonchev–Trinajstić information content (AvgIpc) is 3.83. The highest BCUT2D eigenvalue weighted by molar-refractivity contribution is 6.11. The van der Waals surface area contributed by atoms with Gasteiger partial charge in [0.25, 0.3) is 0 Å². The first-order valence-electron chi connectivity index (χ1n) is 19.4. The maximum atomic E-state index is 6.48. The predicted molar refractivity (Wildman–Crippen MR) is 239 cm³/mol. The van der Waals surface area contributed by atoms with E-state index in [4.69, 9.17) is 4.42 Å². The van der Waals surface area contributed by atoms with Gasteiger partial charge in [0.1, 0.15) is 11.2 Å². The number of anilines is 3. The zero-order valence-corrected chi connectivity index (χ0v) is 31.1. The van der Waals surface area contributed by atoms with Gasteiger partial charge in [0.05, 0.1) is 11.0 Å². The third-order valence-electron chi connectivity index (χ3n) is 11.2. The van der Waals surface area contributed by atoms with Crippen molar-refractivity contribution in [3.05, 3.63) is 218 Å². The molecule has 11 aromatic rings. The number of hydrogen-bond acceptors (Lipinski definition) is 2. The van der Waals surface area contributed by atoms with Gasteiger partial charge in [0.15, 0.2) is 0 Å². The summed E-state index contributed by atoms with van der Waals surface area (Å²) in [6.07, 6.45) is 0. The van der Waals surface area contributed by atoms with Gasteiger partial charge in [-0.15, -0.1) is 0 Å². The molecule has 0 N–H and O–H groups in total. The van der Waals surface area contributed by atoms with Crippen LogP contribution in [0, 0.1) is 0 Å². The molecule has 11 rings (SSSR count). The maximum absolute atomic E-state index is 6.48. The van der Waals surface area contributed by atoms with Gasteiger partial charge in [0, 0.05) is 49.9 Å². The molecule has 0 bridgehead atoms. The van der Waals surface area contributed by atoms with Crippen molar-refractivity contribution in [1.29, 1.82) is 0 Å². The minimum Gasteiger partial charge on any atom is -0.455 e. The molecule has 0 fully saturated rings. The van der Waals surface area contributed by atoms with Gasteiger partial charge in [-0.2, -0.15) is 0 Å². The van der Waals surface area contributed by atoms with E-state index in [2.05, 4.69) is 222 Å². The molecule has 0 aliphatic rings. The van der Waals surface area contributed by atoms with Crippen LogP contribution in [0.3, 0.4) is 0 Å². The van der Waals surface area contributed by atoms with Crippen LogP contribution in [0.4, 0.5) is 17.1 Å². The quantitative estimate of drug-likeness (QED) is 0.163. The number of benzene rings is 9. The molecule has 0 atom stereocenters. The molecule has 268 valence electrons. The number of para-hydroxylation sites is 3. The van der Waals surface area contributed by atoms with Crippen LogP contribution in [-0.2, 0) is 0 Å². The van der Waals surface area contributed by atoms with Crippen molar-refractivity contribution in [1.82, 2.24) is 4.57 Å². The van der Waals surface area contributed by atoms with E-state index in [-0.39, 0.29) is 0 Å². The summed E-state index contributed by atoms with van der Waals surface area (Å²) >= 11 is 0. The number of aromatic nitrogens is 1. The number of furan rings is 1. The van der Waals surface area contributed by atoms with Crippen LogP contribution >= 0.6 is 0 Å². The summed E-state index contributed by atoms with van der Waals surface area (Å²) < 4.78 is 8.85. The molecule has 0 spiro atoms. The van der Waals surface area contributed by atoms with Crippen molar-refractivity contribution in [2.75, 3.05) is 4.90 Å². The molecule has 0 saturated heterocycles. The smallest absolute Gasteiger partial charge is 0.143 e. The summed E-state index contributed by atoms with van der Waals surface area (Å²) in [5, 5.41) is 4.76. The number of fused-ring (bicyclic) bond motifs is 6. The van der Waals surface area contributed by atoms with Crippen molar-refractivity contribution < 1.29 is 4.42 Å². The van der Waals surface area contributed by atoms with E-state index in [1.54, 1.807) is 0 Å². The lowest BCUT2D eigenvalue weighted by Gasteiger charge is -2.26. The summed E-state index contributed by atoms with van der Waals surface area (Å²) in [4.78, 5) is 2.35. The molecule has 57 heavy (non-hydrogen) atoms. The second kappa shape index (κ2) is 13.6. The Bertz CT molecular complexity index is 3160. The second-order valence-electron chi connectivity index (χ2n) is 14.5. The van der Waals surface area contributed by atoms with Crippen LogP contribution in [0.25, 0.3) is 82.8 Å². The summed E-state index contributed by atoms with van der Waals surface area (Å²) in [6, 6.07) is 78.0. The summed E-state index contributed by atoms with van der Waals surface area (Å²) in [5.74, 6) is 0. The zero-order chi connectivity index (χ0) is 37.7. The standard InChI is InChI=1S/C54H36N2O/c1-3-13-37(14-4-1)40-17-11-18-45(35-40)55(43-30-32-44(33-31-43)56-51-23-9-7-19-47(51)48-20-8-10-24-52(48)56)42-28-25-38(26-29-42)41-27-34-53-50(36-41)49-22-12-21-46(54(49)57-53)39-15-5-2-6-16-39/h1-36H. The van der Waals surface area contributed by atoms with E-state index in [0.29, 0.717) is 0 Å². The Hall–Kier alpha value is -7.62. The monoisotopic (exact) mass is 728 g/mol. The van der Waals surface area contributed by atoms with Gasteiger partial charge >= 0.3 is 0 Å². The fraction of sp³-hybridized carbons (Fsp3) is 0. The lowest BCUT2D eigenvalue weighted by Crippen LogP contribution is -2.10. The van der Waals surface area contributed by atoms with E-state index in [0.717, 1.165) is 66.9 Å². The molecule has 2 aromatic heterocycles. The van der Waals surface area contributed by atoms with Crippen LogP contribution in [-0.4, -0.2) is 4.57 Å². The SMILES string of the molecule is c1ccc(-c2cccc(N(c3ccc(-c4ccc5oc6c(-c7ccccc7)cccc6c5c4)cc3)c3ccc(-n4c5ccccc5c5ccccc54)cc3)c2)cc1. The van der Waals surface area contributed by atoms with Crippen LogP contribution < -0.4 is 4.90 Å². The minimum atomic E-state index is 0.891. The molecule has 0 unspecified atom stereocenters. The van der Waals surface area contributed by atoms with Gasteiger partial charge in [-0.1, -0.05) is 146 Å². The minimum absolute atomic E-state index is 0.891. The fourth-order valence-corrected chi connectivity index (χ4v) is 8.48. The van der Waals surface area contributed by atoms with Crippen molar-refractivity contribution in [2.24, 2.45) is 0 Å². The predicted octanol–water partition coefficient (Wildman–Crippen LogP) is 15.2. The van der Waals surface area contributed by atoms with Crippen molar-refractivity contribution in [3.8, 4) is 39.1 Å². The van der Waals surface area contributed by atoms with Crippen molar-refractivity contribution in [2.45, 2.75) is 0 Å². The Morgan fingerprint density at radius 2 is 0.860 bits per heavy atom. The first-order valence-corrected chi connectivity index (χ1v) is 19.4. The first kappa shape index (κ1) is 32.8. The van der Waals surface area contributed by atoms with Crippen molar-refractivity contribution in [3.63, 3.8) is 0 Å². The van der Waals surface area contributed by atoms with Crippen LogP contribution in [0.5, 0.6) is 0 Å². The number of nitrogens with zero attached hydrogens (tertiary/aromatic N) is 2. The van der Waals surface area contributed by atoms with E-state index < -0.39 is 0 Å². The molecule has 0 radical (unpaired) electrons. The summed E-state index contributed by atoms with van der Waals surface area (Å²) in [6.45, 7) is 0. The maximum Gasteiger partial charge on any atom is 0.143 e. The van der Waals surface area contributed by atoms with Crippen LogP contribution in [0.15, 0.2) is 223 Å². The van der Waals surface area contributed by atoms with Crippen LogP contribution in [0.2, 0.25) is 0 Å². The normalized spacial score (nSPS) is 11.5. The van der Waals surface area contributed by atoms with E-state index in [1.807, 2.05) is 6.07 Å². The van der Waals surface area contributed by atoms with Gasteiger partial charge in [0.2, 0.25) is 0 Å². The molecule has 0 amide bonds. The van der Waals surface area contributed by atoms with E-state index >= 15 is 0 Å². The molecule has 3 heteroatoms. The average molecular weight is 729 g/mol. The highest BCUT2D eigenvalue weighted by atomic mass is 16.3. The largest absolute Gasteiger partial charge is 0.455 e. The Kier molecular flexibility index (Phi) is 7.82. The highest BCUT2D eigenvalue weighted by Gasteiger charge is 2.17. The third kappa shape index (κ3) is 5.68. The second-order valence-corrected chi connectivity index (χ2v) is 14.5. The van der Waals surface area contributed by atoms with Crippen LogP contribution in [0.1, 0.15) is 0 Å². The lowest BCUT2D eigenvalue weighted by molar-refractivity contribution is 0.670. The molecular weight excluding hydrogens is 693 g/mol. The van der Waals surface area contributed by atoms with E-state index in [9.17, 15) is 0 Å². The first-order chi connectivity index (χ1) is 28.3. The molecule has 9 aromatic carbocycles. The Morgan fingerprint density at radius 1 is 0.333 bits per heavy atom. The Morgan fingerprint density at radius 3 is 1.56 bits per heavy atom. The van der Waals surface area contributed by atoms with Gasteiger partial charge in [-0.05, 0) is 101 Å². The molecule has 2 heterocycles. The molecule has 0 saturated carbocycles.